The Hall–Kier alpha value is -3.43. The van der Waals surface area contributed by atoms with E-state index in [2.05, 4.69) is 0 Å². The van der Waals surface area contributed by atoms with Crippen molar-refractivity contribution in [3.63, 3.8) is 0 Å². The molecule has 368 valence electrons. The van der Waals surface area contributed by atoms with Crippen molar-refractivity contribution in [1.82, 2.24) is 0 Å². The molecule has 0 spiro atoms. The van der Waals surface area contributed by atoms with Crippen LogP contribution in [0.4, 0.5) is 0 Å². The molecule has 0 aromatic carbocycles. The monoisotopic (exact) mass is 934 g/mol. The number of carboxylic acids is 2. The molecular formula is C42H62O23. The molecule has 0 amide bonds. The topological polar surface area (TPSA) is 361 Å². The second-order valence-electron chi connectivity index (χ2n) is 18.0. The van der Waals surface area contributed by atoms with E-state index in [1.807, 2.05) is 0 Å². The van der Waals surface area contributed by atoms with E-state index in [0.717, 1.165) is 0 Å². The van der Waals surface area contributed by atoms with Crippen LogP contribution in [0, 0.1) is 17.8 Å². The van der Waals surface area contributed by atoms with E-state index in [1.165, 1.54) is 6.08 Å². The van der Waals surface area contributed by atoms with Crippen LogP contribution in [0.5, 0.6) is 0 Å². The van der Waals surface area contributed by atoms with Gasteiger partial charge in [0.05, 0.1) is 42.7 Å². The van der Waals surface area contributed by atoms with Crippen molar-refractivity contribution in [3.05, 3.63) is 12.2 Å². The van der Waals surface area contributed by atoms with Gasteiger partial charge >= 0.3 is 29.8 Å². The van der Waals surface area contributed by atoms with Gasteiger partial charge in [0.15, 0.2) is 18.7 Å². The second-order valence-corrected chi connectivity index (χ2v) is 18.0. The third kappa shape index (κ3) is 13.6. The van der Waals surface area contributed by atoms with Crippen LogP contribution < -0.4 is 0 Å². The molecule has 10 N–H and O–H groups in total. The molecule has 6 rings (SSSR count). The van der Waals surface area contributed by atoms with E-state index in [-0.39, 0.29) is 37.2 Å². The fourth-order valence-electron chi connectivity index (χ4n) is 9.70. The van der Waals surface area contributed by atoms with Crippen molar-refractivity contribution < 1.29 is 113 Å². The summed E-state index contributed by atoms with van der Waals surface area (Å²) < 4.78 is 46.6. The third-order valence-electron chi connectivity index (χ3n) is 13.2. The van der Waals surface area contributed by atoms with Gasteiger partial charge in [0.1, 0.15) is 68.8 Å². The van der Waals surface area contributed by atoms with Crippen molar-refractivity contribution in [1.29, 1.82) is 0 Å². The first-order valence-electron chi connectivity index (χ1n) is 22.2. The zero-order chi connectivity index (χ0) is 47.1. The Morgan fingerprint density at radius 2 is 1.12 bits per heavy atom. The number of carbonyl (C=O) groups excluding carboxylic acids is 3. The summed E-state index contributed by atoms with van der Waals surface area (Å²) in [5, 5.41) is 104. The summed E-state index contributed by atoms with van der Waals surface area (Å²) in [5.74, 6) is -7.18. The molecule has 23 heteroatoms. The Morgan fingerprint density at radius 3 is 1.77 bits per heavy atom. The van der Waals surface area contributed by atoms with E-state index in [9.17, 15) is 64.8 Å². The number of ether oxygens (including phenoxy) is 8. The van der Waals surface area contributed by atoms with Gasteiger partial charge in [0.25, 0.3) is 0 Å². The molecule has 0 bridgehead atoms. The molecule has 6 fully saturated rings. The molecule has 3 aliphatic carbocycles. The van der Waals surface area contributed by atoms with Gasteiger partial charge in [-0.2, -0.15) is 0 Å². The first-order valence-corrected chi connectivity index (χ1v) is 22.2. The molecule has 0 aromatic rings. The van der Waals surface area contributed by atoms with Crippen LogP contribution in [0.3, 0.4) is 0 Å². The van der Waals surface area contributed by atoms with Crippen LogP contribution in [0.25, 0.3) is 0 Å². The van der Waals surface area contributed by atoms with Gasteiger partial charge in [0, 0.05) is 18.4 Å². The average Bonchev–Trinajstić information content (AvgIpc) is 3.25. The van der Waals surface area contributed by atoms with Crippen molar-refractivity contribution in [2.45, 2.75) is 188 Å². The maximum Gasteiger partial charge on any atom is 0.330 e. The van der Waals surface area contributed by atoms with E-state index in [4.69, 9.17) is 48.1 Å². The summed E-state index contributed by atoms with van der Waals surface area (Å²) in [6.45, 7) is -1.35. The minimum absolute atomic E-state index is 0.0758. The Kier molecular flexibility index (Phi) is 18.1. The normalized spacial score (nSPS) is 42.3. The summed E-state index contributed by atoms with van der Waals surface area (Å²) in [4.78, 5) is 59.3. The van der Waals surface area contributed by atoms with Gasteiger partial charge in [-0.05, 0) is 76.0 Å². The van der Waals surface area contributed by atoms with Crippen LogP contribution >= 0.6 is 0 Å². The summed E-state index contributed by atoms with van der Waals surface area (Å²) in [5.41, 5.74) is 0. The SMILES string of the molecule is O=C(O)CC(=O)OCC1OC(OC2CC(O)CC3OC(C4CCC(O)CC4)C(OC4OC(COC(=O)C=CC5CCC(O)CC5)C(O)C(O)C4O)CC23)C(O)C(O)C1OC(=O)CC(=O)O. The largest absolute Gasteiger partial charge is 0.481 e. The zero-order valence-corrected chi connectivity index (χ0v) is 35.6. The van der Waals surface area contributed by atoms with Crippen molar-refractivity contribution in [3.8, 4) is 0 Å². The van der Waals surface area contributed by atoms with Gasteiger partial charge < -0.3 is 89.0 Å². The lowest BCUT2D eigenvalue weighted by Crippen LogP contribution is -2.63. The van der Waals surface area contributed by atoms with Crippen LogP contribution in [0.15, 0.2) is 12.2 Å². The van der Waals surface area contributed by atoms with E-state index >= 15 is 0 Å². The van der Waals surface area contributed by atoms with Gasteiger partial charge in [-0.25, -0.2) is 4.79 Å². The molecule has 0 radical (unpaired) electrons. The van der Waals surface area contributed by atoms with Crippen LogP contribution in [-0.4, -0.2) is 198 Å². The number of aliphatic hydroxyl groups excluding tert-OH is 8. The lowest BCUT2D eigenvalue weighted by Gasteiger charge is -2.52. The molecular weight excluding hydrogens is 872 g/mol. The maximum atomic E-state index is 12.6. The standard InChI is InChI=1S/C42H62O23/c43-20-6-1-18(2-7-20)3-10-31(50)58-16-27-34(53)35(54)37(56)41(63-27)62-26-13-23-24(60-39(26)19-4-8-21(44)9-5-19)11-22(45)12-25(23)61-42-38(57)36(55)40(65-33(52)15-30(48)49)28(64-42)17-59-32(51)14-29(46)47/h3,10,18-28,34-45,53-57H,1-2,4-9,11-17H2,(H,46,47)(H,48,49). The first kappa shape index (κ1) is 51.0. The number of fused-ring (bicyclic) bond motifs is 1. The number of carbonyl (C=O) groups is 5. The fourth-order valence-corrected chi connectivity index (χ4v) is 9.70. The summed E-state index contributed by atoms with van der Waals surface area (Å²) >= 11 is 0. The van der Waals surface area contributed by atoms with Crippen molar-refractivity contribution >= 4 is 29.8 Å². The molecule has 3 saturated carbocycles. The molecule has 3 saturated heterocycles. The zero-order valence-electron chi connectivity index (χ0n) is 35.6. The Labute approximate surface area is 373 Å². The number of esters is 3. The third-order valence-corrected chi connectivity index (χ3v) is 13.2. The number of aliphatic carboxylic acids is 2. The van der Waals surface area contributed by atoms with Gasteiger partial charge in [0.2, 0.25) is 0 Å². The van der Waals surface area contributed by atoms with Crippen LogP contribution in [0.1, 0.15) is 83.5 Å². The second kappa shape index (κ2) is 23.0. The highest BCUT2D eigenvalue weighted by Crippen LogP contribution is 2.45. The van der Waals surface area contributed by atoms with Crippen LogP contribution in [-0.2, 0) is 61.9 Å². The Bertz CT molecular complexity index is 1650. The molecule has 3 aliphatic heterocycles. The van der Waals surface area contributed by atoms with E-state index in [1.54, 1.807) is 6.08 Å². The number of rotatable bonds is 16. The molecule has 16 unspecified atom stereocenters. The number of aliphatic hydroxyl groups is 8. The quantitative estimate of drug-likeness (QED) is 0.0332. The minimum atomic E-state index is -2.02. The summed E-state index contributed by atoms with van der Waals surface area (Å²) in [7, 11) is 0. The lowest BCUT2D eigenvalue weighted by atomic mass is 9.73. The molecule has 23 nitrogen and oxygen atoms in total. The molecule has 16 atom stereocenters. The van der Waals surface area contributed by atoms with E-state index in [0.29, 0.717) is 51.4 Å². The highest BCUT2D eigenvalue weighted by molar-refractivity contribution is 5.90. The molecule has 3 heterocycles. The van der Waals surface area contributed by atoms with Gasteiger partial charge in [-0.15, -0.1) is 0 Å². The fraction of sp³-hybridized carbons (Fsp3) is 0.833. The maximum absolute atomic E-state index is 12.6. The molecule has 0 aromatic heterocycles. The number of hydrogen-bond acceptors (Lipinski definition) is 21. The highest BCUT2D eigenvalue weighted by Gasteiger charge is 2.54. The highest BCUT2D eigenvalue weighted by atomic mass is 16.7. The smallest absolute Gasteiger partial charge is 0.330 e. The van der Waals surface area contributed by atoms with E-state index < -0.39 is 160 Å². The van der Waals surface area contributed by atoms with Gasteiger partial charge in [-0.3, -0.25) is 19.2 Å². The van der Waals surface area contributed by atoms with Crippen molar-refractivity contribution in [2.24, 2.45) is 17.8 Å². The predicted molar refractivity (Wildman–Crippen MR) is 210 cm³/mol. The first-order chi connectivity index (χ1) is 30.9. The van der Waals surface area contributed by atoms with Crippen molar-refractivity contribution in [2.75, 3.05) is 13.2 Å². The Morgan fingerprint density at radius 1 is 0.554 bits per heavy atom. The molecule has 65 heavy (non-hydrogen) atoms. The van der Waals surface area contributed by atoms with Crippen LogP contribution in [0.2, 0.25) is 0 Å². The summed E-state index contributed by atoms with van der Waals surface area (Å²) in [6.07, 6.45) is -17.3. The number of allylic oxidation sites excluding steroid dienone is 1. The lowest BCUT2D eigenvalue weighted by molar-refractivity contribution is -0.344. The summed E-state index contributed by atoms with van der Waals surface area (Å²) in [6, 6.07) is 0. The number of hydrogen-bond donors (Lipinski definition) is 10. The molecule has 6 aliphatic rings. The minimum Gasteiger partial charge on any atom is -0.481 e. The number of carboxylic acid groups (broad SMARTS) is 2. The van der Waals surface area contributed by atoms with Gasteiger partial charge in [-0.1, -0.05) is 6.08 Å². The predicted octanol–water partition coefficient (Wildman–Crippen LogP) is -2.45. The Balaban J connectivity index is 1.18. The average molecular weight is 935 g/mol.